The van der Waals surface area contributed by atoms with Gasteiger partial charge in [-0.1, -0.05) is 30.7 Å². The molecule has 1 aliphatic heterocycles. The van der Waals surface area contributed by atoms with Crippen molar-refractivity contribution in [2.24, 2.45) is 4.99 Å². The van der Waals surface area contributed by atoms with E-state index in [0.717, 1.165) is 24.4 Å². The van der Waals surface area contributed by atoms with Gasteiger partial charge in [0.05, 0.1) is 19.1 Å². The molecule has 3 rings (SSSR count). The number of methoxy groups -OCH3 is 1. The highest BCUT2D eigenvalue weighted by Crippen LogP contribution is 2.30. The van der Waals surface area contributed by atoms with Crippen LogP contribution in [0.15, 0.2) is 65.3 Å². The average molecular weight is 521 g/mol. The summed E-state index contributed by atoms with van der Waals surface area (Å²) in [7, 11) is 3.47. The summed E-state index contributed by atoms with van der Waals surface area (Å²) in [6.45, 7) is 8.73. The van der Waals surface area contributed by atoms with Gasteiger partial charge >= 0.3 is 0 Å². The van der Waals surface area contributed by atoms with E-state index >= 15 is 0 Å². The van der Waals surface area contributed by atoms with Crippen LogP contribution in [-0.4, -0.2) is 39.0 Å². The van der Waals surface area contributed by atoms with Gasteiger partial charge in [0.25, 0.3) is 0 Å². The number of benzene rings is 2. The molecule has 0 spiro atoms. The van der Waals surface area contributed by atoms with Crippen molar-refractivity contribution in [2.45, 2.75) is 53.0 Å². The molecule has 2 aromatic carbocycles. The molecule has 1 heterocycles. The first-order valence-electron chi connectivity index (χ1n) is 12.7. The lowest BCUT2D eigenvalue weighted by Gasteiger charge is -2.24. The molecule has 2 aromatic rings. The van der Waals surface area contributed by atoms with E-state index in [1.54, 1.807) is 34.3 Å². The topological polar surface area (TPSA) is 66.0 Å². The van der Waals surface area contributed by atoms with E-state index in [1.807, 2.05) is 24.1 Å². The summed E-state index contributed by atoms with van der Waals surface area (Å²) in [4.78, 5) is 16.9. The summed E-state index contributed by atoms with van der Waals surface area (Å²) in [5.41, 5.74) is 4.23. The van der Waals surface area contributed by atoms with E-state index in [9.17, 15) is 9.18 Å². The maximum Gasteiger partial charge on any atom is 0.224 e. The first kappa shape index (κ1) is 32.1. The fourth-order valence-corrected chi connectivity index (χ4v) is 3.62. The lowest BCUT2D eigenvalue weighted by Crippen LogP contribution is -2.33. The van der Waals surface area contributed by atoms with Gasteiger partial charge in [-0.2, -0.15) is 0 Å². The van der Waals surface area contributed by atoms with Crippen molar-refractivity contribution in [3.63, 3.8) is 0 Å². The number of anilines is 2. The van der Waals surface area contributed by atoms with Gasteiger partial charge in [0, 0.05) is 31.4 Å². The van der Waals surface area contributed by atoms with Crippen LogP contribution in [0.5, 0.6) is 5.75 Å². The van der Waals surface area contributed by atoms with Gasteiger partial charge in [0.2, 0.25) is 5.91 Å². The van der Waals surface area contributed by atoms with Crippen LogP contribution in [0.4, 0.5) is 15.8 Å². The molecule has 204 valence electrons. The van der Waals surface area contributed by atoms with Crippen molar-refractivity contribution in [3.8, 4) is 18.1 Å². The molecule has 6 nitrogen and oxygen atoms in total. The van der Waals surface area contributed by atoms with Crippen molar-refractivity contribution in [1.82, 2.24) is 5.32 Å². The number of aliphatic imine (C=N–C) groups is 1. The summed E-state index contributed by atoms with van der Waals surface area (Å²) >= 11 is 0. The molecule has 7 heteroatoms. The molecule has 0 radical (unpaired) electrons. The monoisotopic (exact) mass is 520 g/mol. The zero-order valence-electron chi connectivity index (χ0n) is 23.4. The number of piperidine rings is 1. The van der Waals surface area contributed by atoms with Crippen LogP contribution in [0.1, 0.15) is 52.5 Å². The van der Waals surface area contributed by atoms with Crippen LogP contribution in [0, 0.1) is 18.2 Å². The van der Waals surface area contributed by atoms with Crippen molar-refractivity contribution < 1.29 is 13.9 Å². The Morgan fingerprint density at radius 3 is 2.55 bits per heavy atom. The van der Waals surface area contributed by atoms with Crippen LogP contribution in [0.3, 0.4) is 0 Å². The average Bonchev–Trinajstić information content (AvgIpc) is 2.92. The standard InChI is InChI=1S/C19H27N3O.C9H10FNO.C3H4/c1-5-11-22(14-20-3)18-9-8-16(13-19(18)23-4)12-17-7-6-10-21-15(17)2;1-2-9(12)11-8-5-3-7(10)4-6-8;1-3-2/h5,8-9,11-15,21H,6-7,10H2,1-4H3;3-6H,2H2,1H3,(H,11,12);1H,2H3/b11-5+,17-12+,20-14?;;. The molecule has 0 aromatic heterocycles. The van der Waals surface area contributed by atoms with Crippen LogP contribution in [0.2, 0.25) is 0 Å². The zero-order chi connectivity index (χ0) is 28.3. The van der Waals surface area contributed by atoms with E-state index in [2.05, 4.69) is 59.2 Å². The fourth-order valence-electron chi connectivity index (χ4n) is 3.62. The van der Waals surface area contributed by atoms with Crippen molar-refractivity contribution >= 4 is 29.7 Å². The number of carbonyl (C=O) groups excluding carboxylic acids is 1. The van der Waals surface area contributed by atoms with Crippen molar-refractivity contribution in [2.75, 3.05) is 30.9 Å². The van der Waals surface area contributed by atoms with E-state index < -0.39 is 0 Å². The first-order valence-corrected chi connectivity index (χ1v) is 12.7. The van der Waals surface area contributed by atoms with Gasteiger partial charge in [-0.25, -0.2) is 4.39 Å². The normalized spacial score (nSPS) is 15.6. The Hall–Kier alpha value is -3.89. The number of terminal acetylenes is 1. The Morgan fingerprint density at radius 1 is 1.32 bits per heavy atom. The maximum atomic E-state index is 12.4. The Kier molecular flexibility index (Phi) is 15.5. The van der Waals surface area contributed by atoms with E-state index in [4.69, 9.17) is 4.74 Å². The van der Waals surface area contributed by atoms with Crippen molar-refractivity contribution in [1.29, 1.82) is 0 Å². The number of rotatable bonds is 7. The molecule has 1 atom stereocenters. The number of amides is 1. The van der Waals surface area contributed by atoms with Crippen LogP contribution >= 0.6 is 0 Å². The number of ether oxygens (including phenoxy) is 1. The molecule has 1 aliphatic rings. The third-order valence-corrected chi connectivity index (χ3v) is 5.48. The van der Waals surface area contributed by atoms with Gasteiger partial charge in [0.15, 0.2) is 0 Å². The summed E-state index contributed by atoms with van der Waals surface area (Å²) in [6, 6.07) is 12.4. The Balaban J connectivity index is 0.000000403. The van der Waals surface area contributed by atoms with E-state index in [0.29, 0.717) is 18.2 Å². The second-order valence-electron chi connectivity index (χ2n) is 8.39. The number of carbonyl (C=O) groups is 1. The highest BCUT2D eigenvalue weighted by molar-refractivity contribution is 5.90. The van der Waals surface area contributed by atoms with Gasteiger partial charge in [-0.3, -0.25) is 9.79 Å². The summed E-state index contributed by atoms with van der Waals surface area (Å²) in [5, 5.41) is 6.12. The van der Waals surface area contributed by atoms with Gasteiger partial charge in [0.1, 0.15) is 11.6 Å². The Morgan fingerprint density at radius 2 is 2.00 bits per heavy atom. The second kappa shape index (κ2) is 18.4. The molecular weight excluding hydrogens is 479 g/mol. The van der Waals surface area contributed by atoms with Crippen molar-refractivity contribution in [3.05, 3.63) is 71.7 Å². The molecule has 2 N–H and O–H groups in total. The van der Waals surface area contributed by atoms with Gasteiger partial charge < -0.3 is 20.3 Å². The van der Waals surface area contributed by atoms with Gasteiger partial charge in [-0.05, 0) is 82.1 Å². The third kappa shape index (κ3) is 11.4. The summed E-state index contributed by atoms with van der Waals surface area (Å²) in [5.74, 6) is 2.72. The number of nitrogens with zero attached hydrogens (tertiary/aromatic N) is 2. The highest BCUT2D eigenvalue weighted by atomic mass is 19.1. The molecule has 0 aliphatic carbocycles. The number of halogens is 1. The number of hydrogen-bond acceptors (Lipinski definition) is 4. The zero-order valence-corrected chi connectivity index (χ0v) is 23.4. The predicted molar refractivity (Wildman–Crippen MR) is 159 cm³/mol. The minimum Gasteiger partial charge on any atom is -0.495 e. The largest absolute Gasteiger partial charge is 0.495 e. The number of allylic oxidation sites excluding steroid dienone is 1. The lowest BCUT2D eigenvalue weighted by atomic mass is 9.96. The number of nitrogens with one attached hydrogen (secondary N) is 2. The summed E-state index contributed by atoms with van der Waals surface area (Å²) < 4.78 is 18.0. The molecule has 0 bridgehead atoms. The second-order valence-corrected chi connectivity index (χ2v) is 8.39. The molecule has 1 amide bonds. The minimum atomic E-state index is -0.301. The fraction of sp³-hybridized carbons (Fsp3) is 0.355. The molecule has 1 saturated heterocycles. The van der Waals surface area contributed by atoms with Crippen LogP contribution < -0.4 is 20.3 Å². The number of hydrogen-bond donors (Lipinski definition) is 2. The smallest absolute Gasteiger partial charge is 0.224 e. The van der Waals surface area contributed by atoms with E-state index in [1.165, 1.54) is 41.8 Å². The molecular formula is C31H41FN4O2. The van der Waals surface area contributed by atoms with Gasteiger partial charge in [-0.15, -0.1) is 12.3 Å². The SMILES string of the molecule is C#CC.C/C=C/N(C=NC)c1ccc(/C=C2\CCCNC2C)cc1OC.CCC(=O)Nc1ccc(F)cc1. The minimum absolute atomic E-state index is 0.0680. The molecule has 38 heavy (non-hydrogen) atoms. The van der Waals surface area contributed by atoms with Crippen LogP contribution in [-0.2, 0) is 4.79 Å². The van der Waals surface area contributed by atoms with E-state index in [-0.39, 0.29) is 11.7 Å². The molecule has 0 saturated carbocycles. The van der Waals surface area contributed by atoms with Crippen LogP contribution in [0.25, 0.3) is 6.08 Å². The maximum absolute atomic E-state index is 12.4. The third-order valence-electron chi connectivity index (χ3n) is 5.48. The lowest BCUT2D eigenvalue weighted by molar-refractivity contribution is -0.115. The molecule has 1 fully saturated rings. The molecule has 1 unspecified atom stereocenters. The summed E-state index contributed by atoms with van der Waals surface area (Å²) in [6.07, 6.45) is 15.4. The quantitative estimate of drug-likeness (QED) is 0.243. The first-order chi connectivity index (χ1) is 18.3. The predicted octanol–water partition coefficient (Wildman–Crippen LogP) is 6.66. The Bertz CT molecular complexity index is 1110. The highest BCUT2D eigenvalue weighted by Gasteiger charge is 2.14. The Labute approximate surface area is 227 Å².